The molecule has 0 spiro atoms. The molecule has 0 bridgehead atoms. The highest BCUT2D eigenvalue weighted by Crippen LogP contribution is 2.19. The number of carbonyl (C=O) groups is 1. The average Bonchev–Trinajstić information content (AvgIpc) is 3.22. The first kappa shape index (κ1) is 18.8. The van der Waals surface area contributed by atoms with Crippen LogP contribution in [0.1, 0.15) is 28.9 Å². The lowest BCUT2D eigenvalue weighted by Crippen LogP contribution is -2.27. The third-order valence-corrected chi connectivity index (χ3v) is 5.74. The van der Waals surface area contributed by atoms with E-state index in [0.717, 1.165) is 11.3 Å². The first-order valence-electron chi connectivity index (χ1n) is 8.33. The summed E-state index contributed by atoms with van der Waals surface area (Å²) in [5.41, 5.74) is 2.18. The van der Waals surface area contributed by atoms with E-state index < -0.39 is 16.1 Å². The quantitative estimate of drug-likeness (QED) is 0.682. The number of imidazole rings is 1. The zero-order valence-corrected chi connectivity index (χ0v) is 15.8. The minimum Gasteiger partial charge on any atom is -0.355 e. The maximum absolute atomic E-state index is 12.6. The van der Waals surface area contributed by atoms with E-state index in [1.54, 1.807) is 19.4 Å². The molecule has 1 aromatic heterocycles. The van der Waals surface area contributed by atoms with Crippen molar-refractivity contribution in [3.63, 3.8) is 0 Å². The van der Waals surface area contributed by atoms with E-state index in [0.29, 0.717) is 5.56 Å². The second-order valence-corrected chi connectivity index (χ2v) is 7.72. The zero-order valence-electron chi connectivity index (χ0n) is 15.0. The monoisotopic (exact) mass is 384 g/mol. The van der Waals surface area contributed by atoms with Crippen molar-refractivity contribution in [3.05, 3.63) is 78.4 Å². The van der Waals surface area contributed by atoms with Crippen molar-refractivity contribution in [2.45, 2.75) is 17.9 Å². The van der Waals surface area contributed by atoms with Crippen LogP contribution in [0.5, 0.6) is 0 Å². The van der Waals surface area contributed by atoms with Gasteiger partial charge in [0.2, 0.25) is 10.0 Å². The molecule has 0 aliphatic carbocycles. The Hall–Kier alpha value is -2.97. The van der Waals surface area contributed by atoms with Crippen molar-refractivity contribution < 1.29 is 13.2 Å². The fraction of sp³-hybridized carbons (Fsp3) is 0.158. The maximum atomic E-state index is 12.6. The molecular formula is C19H20N4O3S. The van der Waals surface area contributed by atoms with Crippen LogP contribution in [0.2, 0.25) is 0 Å². The molecular weight excluding hydrogens is 364 g/mol. The summed E-state index contributed by atoms with van der Waals surface area (Å²) >= 11 is 0. The Morgan fingerprint density at radius 3 is 2.30 bits per heavy atom. The Morgan fingerprint density at radius 1 is 1.07 bits per heavy atom. The summed E-state index contributed by atoms with van der Waals surface area (Å²) in [5.74, 6) is -0.266. The van der Waals surface area contributed by atoms with Crippen LogP contribution in [0, 0.1) is 0 Å². The number of nitrogens with zero attached hydrogens (tertiary/aromatic N) is 2. The summed E-state index contributed by atoms with van der Waals surface area (Å²) in [6, 6.07) is 12.9. The van der Waals surface area contributed by atoms with Gasteiger partial charge in [-0.1, -0.05) is 12.1 Å². The summed E-state index contributed by atoms with van der Waals surface area (Å²) in [6.07, 6.45) is 5.23. The van der Waals surface area contributed by atoms with Crippen LogP contribution < -0.4 is 10.0 Å². The lowest BCUT2D eigenvalue weighted by atomic mass is 10.1. The highest BCUT2D eigenvalue weighted by Gasteiger charge is 2.19. The van der Waals surface area contributed by atoms with Gasteiger partial charge >= 0.3 is 0 Å². The normalized spacial score (nSPS) is 12.5. The molecule has 8 heteroatoms. The number of benzene rings is 2. The Bertz CT molecular complexity index is 1010. The highest BCUT2D eigenvalue weighted by molar-refractivity contribution is 7.89. The maximum Gasteiger partial charge on any atom is 0.251 e. The van der Waals surface area contributed by atoms with Crippen LogP contribution >= 0.6 is 0 Å². The topological polar surface area (TPSA) is 93.1 Å². The largest absolute Gasteiger partial charge is 0.355 e. The van der Waals surface area contributed by atoms with Gasteiger partial charge in [0.1, 0.15) is 0 Å². The fourth-order valence-corrected chi connectivity index (χ4v) is 3.88. The molecule has 2 aromatic carbocycles. The number of sulfonamides is 1. The number of nitrogens with one attached hydrogen (secondary N) is 2. The van der Waals surface area contributed by atoms with Crippen molar-refractivity contribution >= 4 is 15.9 Å². The Balaban J connectivity index is 1.74. The summed E-state index contributed by atoms with van der Waals surface area (Å²) in [6.45, 7) is 1.78. The summed E-state index contributed by atoms with van der Waals surface area (Å²) in [4.78, 5) is 15.7. The zero-order chi connectivity index (χ0) is 19.4. The molecule has 0 fully saturated rings. The molecule has 3 aromatic rings. The van der Waals surface area contributed by atoms with Crippen molar-refractivity contribution in [1.29, 1.82) is 0 Å². The molecule has 0 saturated carbocycles. The minimum atomic E-state index is -3.71. The van der Waals surface area contributed by atoms with Crippen LogP contribution in [0.25, 0.3) is 5.69 Å². The standard InChI is InChI=1S/C19H20N4O3S/c1-14(15-3-7-17(8-4-15)23-12-11-21-13-23)22-27(25,26)18-9-5-16(6-10-18)19(24)20-2/h3-14,22H,1-2H3,(H,20,24)/t14-/m1/s1. The summed E-state index contributed by atoms with van der Waals surface area (Å²) in [7, 11) is -2.18. The van der Waals surface area contributed by atoms with Crippen LogP contribution in [-0.4, -0.2) is 30.9 Å². The number of hydrogen-bond donors (Lipinski definition) is 2. The van der Waals surface area contributed by atoms with Gasteiger partial charge < -0.3 is 9.88 Å². The molecule has 0 aliphatic rings. The molecule has 140 valence electrons. The van der Waals surface area contributed by atoms with Crippen LogP contribution in [0.15, 0.2) is 72.1 Å². The predicted molar refractivity (Wildman–Crippen MR) is 102 cm³/mol. The molecule has 0 radical (unpaired) electrons. The number of amides is 1. The third-order valence-electron chi connectivity index (χ3n) is 4.18. The Kier molecular flexibility index (Phi) is 5.38. The van der Waals surface area contributed by atoms with E-state index >= 15 is 0 Å². The molecule has 27 heavy (non-hydrogen) atoms. The first-order valence-corrected chi connectivity index (χ1v) is 9.82. The van der Waals surface area contributed by atoms with Gasteiger partial charge in [0.05, 0.1) is 11.2 Å². The lowest BCUT2D eigenvalue weighted by molar-refractivity contribution is 0.0963. The second kappa shape index (κ2) is 7.73. The molecule has 0 aliphatic heterocycles. The fourth-order valence-electron chi connectivity index (χ4n) is 2.65. The van der Waals surface area contributed by atoms with Gasteiger partial charge in [0.25, 0.3) is 5.91 Å². The molecule has 7 nitrogen and oxygen atoms in total. The van der Waals surface area contributed by atoms with Crippen molar-refractivity contribution in [1.82, 2.24) is 19.6 Å². The molecule has 1 amide bonds. The van der Waals surface area contributed by atoms with Gasteiger partial charge in [-0.25, -0.2) is 18.1 Å². The molecule has 1 heterocycles. The minimum absolute atomic E-state index is 0.108. The molecule has 3 rings (SSSR count). The number of rotatable bonds is 6. The van der Waals surface area contributed by atoms with Gasteiger partial charge in [0.15, 0.2) is 0 Å². The van der Waals surface area contributed by atoms with Gasteiger partial charge in [-0.05, 0) is 48.9 Å². The third kappa shape index (κ3) is 4.24. The molecule has 1 atom stereocenters. The second-order valence-electron chi connectivity index (χ2n) is 6.01. The van der Waals surface area contributed by atoms with Crippen LogP contribution in [0.3, 0.4) is 0 Å². The van der Waals surface area contributed by atoms with E-state index in [2.05, 4.69) is 15.0 Å². The smallest absolute Gasteiger partial charge is 0.251 e. The van der Waals surface area contributed by atoms with E-state index in [1.807, 2.05) is 35.0 Å². The van der Waals surface area contributed by atoms with E-state index in [4.69, 9.17) is 0 Å². The highest BCUT2D eigenvalue weighted by atomic mass is 32.2. The van der Waals surface area contributed by atoms with Crippen molar-refractivity contribution in [3.8, 4) is 5.69 Å². The SMILES string of the molecule is CNC(=O)c1ccc(S(=O)(=O)N[C@H](C)c2ccc(-n3ccnc3)cc2)cc1. The van der Waals surface area contributed by atoms with Crippen LogP contribution in [0.4, 0.5) is 0 Å². The number of carbonyl (C=O) groups excluding carboxylic acids is 1. The molecule has 0 unspecified atom stereocenters. The van der Waals surface area contributed by atoms with Gasteiger partial charge in [-0.2, -0.15) is 0 Å². The van der Waals surface area contributed by atoms with Gasteiger partial charge in [-0.15, -0.1) is 0 Å². The van der Waals surface area contributed by atoms with Crippen molar-refractivity contribution in [2.75, 3.05) is 7.05 Å². The van der Waals surface area contributed by atoms with E-state index in [1.165, 1.54) is 31.3 Å². The Labute approximate surface area is 158 Å². The molecule has 2 N–H and O–H groups in total. The van der Waals surface area contributed by atoms with E-state index in [9.17, 15) is 13.2 Å². The first-order chi connectivity index (χ1) is 12.9. The van der Waals surface area contributed by atoms with Crippen LogP contribution in [-0.2, 0) is 10.0 Å². The summed E-state index contributed by atoms with van der Waals surface area (Å²) in [5, 5.41) is 2.50. The lowest BCUT2D eigenvalue weighted by Gasteiger charge is -2.15. The summed E-state index contributed by atoms with van der Waals surface area (Å²) < 4.78 is 29.7. The molecule has 0 saturated heterocycles. The average molecular weight is 384 g/mol. The van der Waals surface area contributed by atoms with Gasteiger partial charge in [0, 0.05) is 36.7 Å². The van der Waals surface area contributed by atoms with Crippen molar-refractivity contribution in [2.24, 2.45) is 0 Å². The number of hydrogen-bond acceptors (Lipinski definition) is 4. The van der Waals surface area contributed by atoms with E-state index in [-0.39, 0.29) is 10.8 Å². The predicted octanol–water partition coefficient (Wildman–Crippen LogP) is 2.27. The number of aromatic nitrogens is 2. The Morgan fingerprint density at radius 2 is 1.74 bits per heavy atom. The van der Waals surface area contributed by atoms with Gasteiger partial charge in [-0.3, -0.25) is 4.79 Å².